The van der Waals surface area contributed by atoms with Crippen molar-refractivity contribution >= 4 is 17.3 Å². The summed E-state index contributed by atoms with van der Waals surface area (Å²) >= 11 is 6.05. The predicted molar refractivity (Wildman–Crippen MR) is 88.9 cm³/mol. The molecule has 0 spiro atoms. The molecule has 0 aliphatic carbocycles. The summed E-state index contributed by atoms with van der Waals surface area (Å²) in [6.07, 6.45) is 2.26. The largest absolute Gasteiger partial charge is 0.376 e. The standard InChI is InChI=1S/C18H13ClFN3/c19-13-3-1-2-11(6-13)16-9-17(22-10-21-16)18-8-12-7-14(20)4-5-15(12)23-18/h1-7,9-10,18,23H,8H2. The van der Waals surface area contributed by atoms with Gasteiger partial charge in [-0.15, -0.1) is 0 Å². The van der Waals surface area contributed by atoms with Crippen LogP contribution in [-0.2, 0) is 6.42 Å². The lowest BCUT2D eigenvalue weighted by molar-refractivity contribution is 0.626. The van der Waals surface area contributed by atoms with Crippen LogP contribution in [0.25, 0.3) is 11.3 Å². The minimum Gasteiger partial charge on any atom is -0.376 e. The van der Waals surface area contributed by atoms with E-state index in [1.54, 1.807) is 18.5 Å². The zero-order valence-electron chi connectivity index (χ0n) is 12.1. The van der Waals surface area contributed by atoms with E-state index < -0.39 is 0 Å². The number of nitrogens with zero attached hydrogens (tertiary/aromatic N) is 2. The first kappa shape index (κ1) is 14.2. The van der Waals surface area contributed by atoms with E-state index in [0.29, 0.717) is 11.4 Å². The van der Waals surface area contributed by atoms with Gasteiger partial charge in [-0.1, -0.05) is 23.7 Å². The molecule has 5 heteroatoms. The Kier molecular flexibility index (Phi) is 3.46. The molecule has 0 radical (unpaired) electrons. The maximum absolute atomic E-state index is 13.3. The van der Waals surface area contributed by atoms with Crippen LogP contribution in [0.1, 0.15) is 17.3 Å². The molecule has 0 saturated carbocycles. The Morgan fingerprint density at radius 3 is 2.87 bits per heavy atom. The third-order valence-electron chi connectivity index (χ3n) is 3.99. The van der Waals surface area contributed by atoms with Crippen LogP contribution >= 0.6 is 11.6 Å². The summed E-state index contributed by atoms with van der Waals surface area (Å²) < 4.78 is 13.3. The van der Waals surface area contributed by atoms with Crippen molar-refractivity contribution in [2.45, 2.75) is 12.5 Å². The van der Waals surface area contributed by atoms with Crippen LogP contribution in [0, 0.1) is 5.82 Å². The molecule has 1 aliphatic rings. The second-order valence-electron chi connectivity index (χ2n) is 5.54. The van der Waals surface area contributed by atoms with Gasteiger partial charge < -0.3 is 5.32 Å². The first-order valence-corrected chi connectivity index (χ1v) is 7.70. The number of hydrogen-bond donors (Lipinski definition) is 1. The minimum absolute atomic E-state index is 0.0211. The summed E-state index contributed by atoms with van der Waals surface area (Å²) in [6.45, 7) is 0. The second-order valence-corrected chi connectivity index (χ2v) is 5.98. The molecule has 23 heavy (non-hydrogen) atoms. The molecule has 0 saturated heterocycles. The third kappa shape index (κ3) is 2.78. The molecule has 0 bridgehead atoms. The fraction of sp³-hybridized carbons (Fsp3) is 0.111. The summed E-state index contributed by atoms with van der Waals surface area (Å²) in [5, 5.41) is 4.06. The Morgan fingerprint density at radius 1 is 1.09 bits per heavy atom. The van der Waals surface area contributed by atoms with Gasteiger partial charge in [0.2, 0.25) is 0 Å². The van der Waals surface area contributed by atoms with Crippen molar-refractivity contribution in [1.82, 2.24) is 9.97 Å². The first-order valence-electron chi connectivity index (χ1n) is 7.32. The minimum atomic E-state index is -0.214. The average Bonchev–Trinajstić information content (AvgIpc) is 2.98. The van der Waals surface area contributed by atoms with E-state index in [2.05, 4.69) is 15.3 Å². The molecular formula is C18H13ClFN3. The molecule has 1 N–H and O–H groups in total. The normalized spacial score (nSPS) is 16.0. The van der Waals surface area contributed by atoms with Gasteiger partial charge in [0.25, 0.3) is 0 Å². The van der Waals surface area contributed by atoms with Crippen molar-refractivity contribution in [2.24, 2.45) is 0 Å². The molecule has 2 heterocycles. The van der Waals surface area contributed by atoms with E-state index in [0.717, 1.165) is 28.2 Å². The zero-order chi connectivity index (χ0) is 15.8. The molecule has 1 atom stereocenters. The second kappa shape index (κ2) is 5.63. The monoisotopic (exact) mass is 325 g/mol. The molecule has 3 nitrogen and oxygen atoms in total. The first-order chi connectivity index (χ1) is 11.2. The third-order valence-corrected chi connectivity index (χ3v) is 4.22. The Labute approximate surface area is 138 Å². The lowest BCUT2D eigenvalue weighted by Gasteiger charge is -2.11. The van der Waals surface area contributed by atoms with Crippen LogP contribution in [0.4, 0.5) is 10.1 Å². The van der Waals surface area contributed by atoms with Crippen LogP contribution in [-0.4, -0.2) is 9.97 Å². The Balaban J connectivity index is 1.65. The van der Waals surface area contributed by atoms with Crippen molar-refractivity contribution in [3.8, 4) is 11.3 Å². The Bertz CT molecular complexity index is 882. The van der Waals surface area contributed by atoms with E-state index >= 15 is 0 Å². The van der Waals surface area contributed by atoms with Crippen LogP contribution < -0.4 is 5.32 Å². The van der Waals surface area contributed by atoms with Crippen LogP contribution in [0.2, 0.25) is 5.02 Å². The molecule has 114 valence electrons. The lowest BCUT2D eigenvalue weighted by Crippen LogP contribution is -2.08. The zero-order valence-corrected chi connectivity index (χ0v) is 12.9. The van der Waals surface area contributed by atoms with Crippen molar-refractivity contribution < 1.29 is 4.39 Å². The molecule has 2 aromatic carbocycles. The van der Waals surface area contributed by atoms with Crippen LogP contribution in [0.15, 0.2) is 54.9 Å². The number of rotatable bonds is 2. The highest BCUT2D eigenvalue weighted by atomic mass is 35.5. The maximum Gasteiger partial charge on any atom is 0.123 e. The maximum atomic E-state index is 13.3. The van der Waals surface area contributed by atoms with E-state index in [1.165, 1.54) is 6.07 Å². The SMILES string of the molecule is Fc1ccc2c(c1)CC(c1cc(-c3cccc(Cl)c3)ncn1)N2. The van der Waals surface area contributed by atoms with E-state index in [1.807, 2.05) is 30.3 Å². The smallest absolute Gasteiger partial charge is 0.123 e. The Morgan fingerprint density at radius 2 is 2.00 bits per heavy atom. The van der Waals surface area contributed by atoms with Gasteiger partial charge in [0.05, 0.1) is 17.4 Å². The summed E-state index contributed by atoms with van der Waals surface area (Å²) in [5.41, 5.74) is 4.58. The Hall–Kier alpha value is -2.46. The van der Waals surface area contributed by atoms with Crippen molar-refractivity contribution in [3.05, 3.63) is 77.0 Å². The quantitative estimate of drug-likeness (QED) is 0.745. The fourth-order valence-electron chi connectivity index (χ4n) is 2.88. The van der Waals surface area contributed by atoms with Gasteiger partial charge in [0.15, 0.2) is 0 Å². The van der Waals surface area contributed by atoms with Gasteiger partial charge in [-0.2, -0.15) is 0 Å². The van der Waals surface area contributed by atoms with Crippen LogP contribution in [0.3, 0.4) is 0 Å². The highest BCUT2D eigenvalue weighted by molar-refractivity contribution is 6.30. The van der Waals surface area contributed by atoms with Gasteiger partial charge in [0.1, 0.15) is 12.1 Å². The number of anilines is 1. The predicted octanol–water partition coefficient (Wildman–Crippen LogP) is 4.65. The van der Waals surface area contributed by atoms with Gasteiger partial charge in [-0.05, 0) is 42.0 Å². The highest BCUT2D eigenvalue weighted by Crippen LogP contribution is 2.34. The highest BCUT2D eigenvalue weighted by Gasteiger charge is 2.23. The van der Waals surface area contributed by atoms with Gasteiger partial charge >= 0.3 is 0 Å². The van der Waals surface area contributed by atoms with Crippen molar-refractivity contribution in [3.63, 3.8) is 0 Å². The molecule has 0 amide bonds. The molecule has 1 unspecified atom stereocenters. The average molecular weight is 326 g/mol. The molecule has 0 fully saturated rings. The van der Waals surface area contributed by atoms with E-state index in [4.69, 9.17) is 11.6 Å². The van der Waals surface area contributed by atoms with Crippen LogP contribution in [0.5, 0.6) is 0 Å². The topological polar surface area (TPSA) is 37.8 Å². The molecule has 3 aromatic rings. The fourth-order valence-corrected chi connectivity index (χ4v) is 3.07. The molecular weight excluding hydrogens is 313 g/mol. The summed E-state index contributed by atoms with van der Waals surface area (Å²) in [7, 11) is 0. The van der Waals surface area contributed by atoms with Gasteiger partial charge in [0, 0.05) is 22.7 Å². The van der Waals surface area contributed by atoms with Gasteiger partial charge in [-0.25, -0.2) is 14.4 Å². The number of fused-ring (bicyclic) bond motifs is 1. The van der Waals surface area contributed by atoms with Gasteiger partial charge in [-0.3, -0.25) is 0 Å². The number of aromatic nitrogens is 2. The lowest BCUT2D eigenvalue weighted by atomic mass is 10.1. The van der Waals surface area contributed by atoms with Crippen molar-refractivity contribution in [1.29, 1.82) is 0 Å². The number of benzene rings is 2. The number of nitrogens with one attached hydrogen (secondary N) is 1. The molecule has 1 aliphatic heterocycles. The summed E-state index contributed by atoms with van der Waals surface area (Å²) in [4.78, 5) is 8.70. The molecule has 4 rings (SSSR count). The summed E-state index contributed by atoms with van der Waals surface area (Å²) in [5.74, 6) is -0.214. The number of halogens is 2. The van der Waals surface area contributed by atoms with Crippen molar-refractivity contribution in [2.75, 3.05) is 5.32 Å². The van der Waals surface area contributed by atoms with E-state index in [-0.39, 0.29) is 11.9 Å². The number of hydrogen-bond acceptors (Lipinski definition) is 3. The molecule has 1 aromatic heterocycles. The summed E-state index contributed by atoms with van der Waals surface area (Å²) in [6, 6.07) is 14.3. The van der Waals surface area contributed by atoms with E-state index in [9.17, 15) is 4.39 Å².